The zero-order valence-corrected chi connectivity index (χ0v) is 19.3. The Morgan fingerprint density at radius 1 is 0.912 bits per heavy atom. The summed E-state index contributed by atoms with van der Waals surface area (Å²) in [6, 6.07) is 20.6. The molecule has 2 aromatic carbocycles. The second kappa shape index (κ2) is 10.7. The van der Waals surface area contributed by atoms with Gasteiger partial charge in [0.25, 0.3) is 0 Å². The van der Waals surface area contributed by atoms with E-state index in [1.165, 1.54) is 11.1 Å². The van der Waals surface area contributed by atoms with Crippen LogP contribution >= 0.6 is 0 Å². The molecule has 0 spiro atoms. The van der Waals surface area contributed by atoms with Gasteiger partial charge in [-0.1, -0.05) is 42.5 Å². The molecule has 0 fully saturated rings. The Balaban J connectivity index is 1.27. The predicted octanol–water partition coefficient (Wildman–Crippen LogP) is 4.79. The third-order valence-corrected chi connectivity index (χ3v) is 6.60. The number of hydrogen-bond acceptors (Lipinski definition) is 4. The molecule has 0 saturated carbocycles. The Kier molecular flexibility index (Phi) is 7.08. The van der Waals surface area contributed by atoms with Gasteiger partial charge in [0.15, 0.2) is 0 Å². The summed E-state index contributed by atoms with van der Waals surface area (Å²) < 4.78 is 14.6. The summed E-state index contributed by atoms with van der Waals surface area (Å²) in [7, 11) is 0. The van der Waals surface area contributed by atoms with E-state index < -0.39 is 0 Å². The lowest BCUT2D eigenvalue weighted by atomic mass is 9.87. The number of rotatable bonds is 9. The monoisotopic (exact) mass is 455 g/mol. The van der Waals surface area contributed by atoms with Gasteiger partial charge in [0.1, 0.15) is 11.6 Å². The van der Waals surface area contributed by atoms with E-state index >= 15 is 0 Å². The normalized spacial score (nSPS) is 15.4. The van der Waals surface area contributed by atoms with Crippen LogP contribution in [0, 0.1) is 5.82 Å². The van der Waals surface area contributed by atoms with Crippen LogP contribution in [0.2, 0.25) is 0 Å². The molecule has 1 atom stereocenters. The summed E-state index contributed by atoms with van der Waals surface area (Å²) in [5.74, 6) is 0.860. The number of aromatic amines is 1. The molecule has 5 rings (SSSR count). The van der Waals surface area contributed by atoms with Gasteiger partial charge in [-0.3, -0.25) is 9.88 Å². The van der Waals surface area contributed by atoms with Crippen LogP contribution in [0.5, 0.6) is 0 Å². The van der Waals surface area contributed by atoms with Crippen molar-refractivity contribution in [3.63, 3.8) is 0 Å². The summed E-state index contributed by atoms with van der Waals surface area (Å²) in [6.07, 6.45) is 8.12. The van der Waals surface area contributed by atoms with Gasteiger partial charge < -0.3 is 10.3 Å². The van der Waals surface area contributed by atoms with Crippen LogP contribution in [-0.2, 0) is 39.0 Å². The fourth-order valence-corrected chi connectivity index (χ4v) is 4.77. The van der Waals surface area contributed by atoms with Gasteiger partial charge >= 0.3 is 0 Å². The number of benzene rings is 2. The van der Waals surface area contributed by atoms with E-state index in [1.807, 2.05) is 30.6 Å². The molecule has 34 heavy (non-hydrogen) atoms. The van der Waals surface area contributed by atoms with Crippen molar-refractivity contribution in [1.82, 2.24) is 25.2 Å². The predicted molar refractivity (Wildman–Crippen MR) is 131 cm³/mol. The highest BCUT2D eigenvalue weighted by Crippen LogP contribution is 2.28. The maximum atomic E-state index is 14.6. The van der Waals surface area contributed by atoms with E-state index in [0.717, 1.165) is 61.5 Å². The standard InChI is InChI=1S/C28H30FN5/c29-27-6-3-4-23-11-12-25(16-26(23)27)34(20-24-5-1-2-13-31-24)19-22-9-7-21(8-10-22)17-30-18-28-32-14-15-33-28/h1-10,13-15,25,30H,11-12,16-20H2,(H,32,33). The fourth-order valence-electron chi connectivity index (χ4n) is 4.77. The highest BCUT2D eigenvalue weighted by molar-refractivity contribution is 5.32. The summed E-state index contributed by atoms with van der Waals surface area (Å²) in [5.41, 5.74) is 5.56. The maximum absolute atomic E-state index is 14.6. The average Bonchev–Trinajstić information content (AvgIpc) is 3.39. The Bertz CT molecular complexity index is 1180. The minimum atomic E-state index is -0.0774. The van der Waals surface area contributed by atoms with Crippen LogP contribution < -0.4 is 5.32 Å². The minimum Gasteiger partial charge on any atom is -0.348 e. The van der Waals surface area contributed by atoms with Gasteiger partial charge in [-0.25, -0.2) is 9.37 Å². The van der Waals surface area contributed by atoms with E-state index in [-0.39, 0.29) is 11.9 Å². The van der Waals surface area contributed by atoms with Crippen LogP contribution in [-0.4, -0.2) is 25.9 Å². The van der Waals surface area contributed by atoms with Crippen LogP contribution in [0.15, 0.2) is 79.3 Å². The average molecular weight is 456 g/mol. The van der Waals surface area contributed by atoms with Crippen molar-refractivity contribution in [2.75, 3.05) is 0 Å². The first kappa shape index (κ1) is 22.4. The van der Waals surface area contributed by atoms with Crippen molar-refractivity contribution in [3.8, 4) is 0 Å². The van der Waals surface area contributed by atoms with Crippen molar-refractivity contribution in [3.05, 3.63) is 119 Å². The Hall–Kier alpha value is -3.35. The van der Waals surface area contributed by atoms with E-state index in [9.17, 15) is 4.39 Å². The number of imidazole rings is 1. The van der Waals surface area contributed by atoms with Gasteiger partial charge in [-0.15, -0.1) is 0 Å². The molecule has 0 saturated heterocycles. The molecule has 0 amide bonds. The summed E-state index contributed by atoms with van der Waals surface area (Å²) in [5, 5.41) is 3.42. The molecule has 0 radical (unpaired) electrons. The number of nitrogens with zero attached hydrogens (tertiary/aromatic N) is 3. The Morgan fingerprint density at radius 3 is 2.59 bits per heavy atom. The van der Waals surface area contributed by atoms with Crippen molar-refractivity contribution in [2.45, 2.75) is 51.5 Å². The Labute approximate surface area is 200 Å². The van der Waals surface area contributed by atoms with Gasteiger partial charge in [-0.05, 0) is 59.7 Å². The number of nitrogens with one attached hydrogen (secondary N) is 2. The largest absolute Gasteiger partial charge is 0.348 e. The molecular formula is C28H30FN5. The molecule has 2 N–H and O–H groups in total. The van der Waals surface area contributed by atoms with Gasteiger partial charge in [0, 0.05) is 44.3 Å². The lowest BCUT2D eigenvalue weighted by Crippen LogP contribution is -2.39. The van der Waals surface area contributed by atoms with E-state index in [1.54, 1.807) is 12.3 Å². The molecule has 1 aliphatic rings. The van der Waals surface area contributed by atoms with Gasteiger partial charge in [-0.2, -0.15) is 0 Å². The number of aromatic nitrogens is 3. The van der Waals surface area contributed by atoms with Gasteiger partial charge in [0.05, 0.1) is 12.2 Å². The molecule has 5 nitrogen and oxygen atoms in total. The molecule has 2 aromatic heterocycles. The molecule has 0 bridgehead atoms. The van der Waals surface area contributed by atoms with E-state index in [4.69, 9.17) is 0 Å². The summed E-state index contributed by atoms with van der Waals surface area (Å²) in [4.78, 5) is 14.4. The van der Waals surface area contributed by atoms with E-state index in [0.29, 0.717) is 6.54 Å². The quantitative estimate of drug-likeness (QED) is 0.381. The second-order valence-corrected chi connectivity index (χ2v) is 8.96. The zero-order valence-electron chi connectivity index (χ0n) is 19.3. The number of halogens is 1. The molecular weight excluding hydrogens is 425 g/mol. The third kappa shape index (κ3) is 5.58. The van der Waals surface area contributed by atoms with Crippen molar-refractivity contribution in [1.29, 1.82) is 0 Å². The first-order valence-corrected chi connectivity index (χ1v) is 11.9. The van der Waals surface area contributed by atoms with Crippen molar-refractivity contribution < 1.29 is 4.39 Å². The second-order valence-electron chi connectivity index (χ2n) is 8.96. The smallest absolute Gasteiger partial charge is 0.126 e. The third-order valence-electron chi connectivity index (χ3n) is 6.60. The summed E-state index contributed by atoms with van der Waals surface area (Å²) in [6.45, 7) is 3.07. The summed E-state index contributed by atoms with van der Waals surface area (Å²) >= 11 is 0. The topological polar surface area (TPSA) is 56.8 Å². The highest BCUT2D eigenvalue weighted by atomic mass is 19.1. The zero-order chi connectivity index (χ0) is 23.2. The fraction of sp³-hybridized carbons (Fsp3) is 0.286. The lowest BCUT2D eigenvalue weighted by Gasteiger charge is -2.35. The van der Waals surface area contributed by atoms with Crippen LogP contribution in [0.25, 0.3) is 0 Å². The molecule has 1 unspecified atom stereocenters. The number of pyridine rings is 1. The highest BCUT2D eigenvalue weighted by Gasteiger charge is 2.26. The maximum Gasteiger partial charge on any atom is 0.126 e. The van der Waals surface area contributed by atoms with Crippen LogP contribution in [0.1, 0.15) is 40.2 Å². The van der Waals surface area contributed by atoms with Crippen molar-refractivity contribution >= 4 is 0 Å². The molecule has 0 aliphatic heterocycles. The number of hydrogen-bond donors (Lipinski definition) is 2. The molecule has 1 aliphatic carbocycles. The Morgan fingerprint density at radius 2 is 1.79 bits per heavy atom. The molecule has 174 valence electrons. The lowest BCUT2D eigenvalue weighted by molar-refractivity contribution is 0.159. The number of fused-ring (bicyclic) bond motifs is 1. The number of aryl methyl sites for hydroxylation is 1. The molecule has 4 aromatic rings. The first-order chi connectivity index (χ1) is 16.7. The molecule has 2 heterocycles. The van der Waals surface area contributed by atoms with Crippen LogP contribution in [0.4, 0.5) is 4.39 Å². The minimum absolute atomic E-state index is 0.0774. The van der Waals surface area contributed by atoms with Gasteiger partial charge in [0.2, 0.25) is 0 Å². The van der Waals surface area contributed by atoms with Crippen LogP contribution in [0.3, 0.4) is 0 Å². The first-order valence-electron chi connectivity index (χ1n) is 11.9. The number of H-pyrrole nitrogens is 1. The van der Waals surface area contributed by atoms with E-state index in [2.05, 4.69) is 61.6 Å². The van der Waals surface area contributed by atoms with Crippen molar-refractivity contribution in [2.24, 2.45) is 0 Å². The molecule has 6 heteroatoms. The SMILES string of the molecule is Fc1cccc2c1CC(N(Cc1ccc(CNCc3ncc[nH]3)cc1)Cc1ccccn1)CC2.